The summed E-state index contributed by atoms with van der Waals surface area (Å²) in [7, 11) is -0.326. The number of fused-ring (bicyclic) bond motifs is 1. The second kappa shape index (κ2) is 7.43. The predicted molar refractivity (Wildman–Crippen MR) is 122 cm³/mol. The largest absolute Gasteiger partial charge is 0.494 e. The molecule has 1 fully saturated rings. The zero-order valence-electron chi connectivity index (χ0n) is 18.5. The minimum atomic E-state index is -0.332. The molecule has 0 N–H and O–H groups in total. The van der Waals surface area contributed by atoms with E-state index in [2.05, 4.69) is 60.8 Å². The second-order valence-corrected chi connectivity index (χ2v) is 9.27. The number of hydrogen-bond donors (Lipinski definition) is 0. The summed E-state index contributed by atoms with van der Waals surface area (Å²) in [5.74, 6) is 0.752. The molecule has 0 bridgehead atoms. The first-order chi connectivity index (χ1) is 14.8. The molecule has 7 heteroatoms. The normalized spacial score (nSPS) is 19.4. The van der Waals surface area contributed by atoms with Gasteiger partial charge in [-0.1, -0.05) is 18.2 Å². The Morgan fingerprint density at radius 3 is 2.52 bits per heavy atom. The fourth-order valence-corrected chi connectivity index (χ4v) is 4.05. The molecule has 0 spiro atoms. The lowest BCUT2D eigenvalue weighted by molar-refractivity contribution is 0.00578. The molecular formula is C24H27BN4O2. The van der Waals surface area contributed by atoms with Crippen LogP contribution in [-0.2, 0) is 22.3 Å². The van der Waals surface area contributed by atoms with E-state index in [0.29, 0.717) is 0 Å². The van der Waals surface area contributed by atoms with Crippen molar-refractivity contribution in [2.75, 3.05) is 11.4 Å². The fourth-order valence-electron chi connectivity index (χ4n) is 4.05. The van der Waals surface area contributed by atoms with Gasteiger partial charge in [-0.2, -0.15) is 0 Å². The molecule has 6 nitrogen and oxygen atoms in total. The highest BCUT2D eigenvalue weighted by Gasteiger charge is 2.51. The lowest BCUT2D eigenvalue weighted by Gasteiger charge is -2.32. The Balaban J connectivity index is 1.35. The number of aromatic nitrogens is 3. The monoisotopic (exact) mass is 414 g/mol. The van der Waals surface area contributed by atoms with Crippen molar-refractivity contribution in [2.24, 2.45) is 0 Å². The molecule has 0 amide bonds. The highest BCUT2D eigenvalue weighted by Crippen LogP contribution is 2.36. The third-order valence-electron chi connectivity index (χ3n) is 6.65. The van der Waals surface area contributed by atoms with E-state index in [1.807, 2.05) is 30.6 Å². The van der Waals surface area contributed by atoms with Crippen molar-refractivity contribution in [1.82, 2.24) is 15.0 Å². The summed E-state index contributed by atoms with van der Waals surface area (Å²) in [5.41, 5.74) is 4.94. The maximum Gasteiger partial charge on any atom is 0.494 e. The number of pyridine rings is 1. The van der Waals surface area contributed by atoms with E-state index in [4.69, 9.17) is 14.3 Å². The van der Waals surface area contributed by atoms with E-state index in [-0.39, 0.29) is 18.3 Å². The van der Waals surface area contributed by atoms with Crippen LogP contribution in [0.1, 0.15) is 38.8 Å². The molecular weight excluding hydrogens is 387 g/mol. The van der Waals surface area contributed by atoms with Gasteiger partial charge in [-0.3, -0.25) is 4.98 Å². The van der Waals surface area contributed by atoms with Crippen LogP contribution in [0.5, 0.6) is 0 Å². The predicted octanol–water partition coefficient (Wildman–Crippen LogP) is 3.40. The number of hydrogen-bond acceptors (Lipinski definition) is 6. The summed E-state index contributed by atoms with van der Waals surface area (Å²) in [6.45, 7) is 10.0. The molecule has 0 saturated carbocycles. The third kappa shape index (κ3) is 3.72. The van der Waals surface area contributed by atoms with Crippen LogP contribution in [0.15, 0.2) is 55.0 Å². The van der Waals surface area contributed by atoms with Gasteiger partial charge in [0, 0.05) is 37.2 Å². The van der Waals surface area contributed by atoms with Gasteiger partial charge in [0.25, 0.3) is 0 Å². The van der Waals surface area contributed by atoms with E-state index in [0.717, 1.165) is 42.2 Å². The van der Waals surface area contributed by atoms with Crippen molar-refractivity contribution < 1.29 is 9.31 Å². The Hall–Kier alpha value is -2.77. The number of rotatable bonds is 3. The molecule has 31 heavy (non-hydrogen) atoms. The topological polar surface area (TPSA) is 60.4 Å². The first-order valence-corrected chi connectivity index (χ1v) is 10.8. The standard InChI is InChI=1S/C24H27BN4O2/c1-23(2)24(3,4)31-25(30-23)20-8-7-19-16-29(13-10-17(19)14-20)22-27-12-9-21(28-22)18-6-5-11-26-15-18/h5-9,11-12,14-15H,10,13,16H2,1-4H3. The number of anilines is 1. The van der Waals surface area contributed by atoms with Gasteiger partial charge < -0.3 is 14.2 Å². The Kier molecular flexibility index (Phi) is 4.83. The summed E-state index contributed by atoms with van der Waals surface area (Å²) in [6, 6.07) is 12.4. The third-order valence-corrected chi connectivity index (χ3v) is 6.65. The van der Waals surface area contributed by atoms with Crippen LogP contribution in [0.25, 0.3) is 11.3 Å². The highest BCUT2D eigenvalue weighted by atomic mass is 16.7. The zero-order valence-corrected chi connectivity index (χ0v) is 18.5. The highest BCUT2D eigenvalue weighted by molar-refractivity contribution is 6.62. The van der Waals surface area contributed by atoms with Crippen LogP contribution in [-0.4, -0.2) is 39.8 Å². The minimum absolute atomic E-state index is 0.326. The molecule has 158 valence electrons. The van der Waals surface area contributed by atoms with E-state index < -0.39 is 0 Å². The van der Waals surface area contributed by atoms with Crippen LogP contribution in [0, 0.1) is 0 Å². The lowest BCUT2D eigenvalue weighted by atomic mass is 9.77. The van der Waals surface area contributed by atoms with Gasteiger partial charge in [0.05, 0.1) is 16.9 Å². The maximum absolute atomic E-state index is 6.23. The van der Waals surface area contributed by atoms with Crippen molar-refractivity contribution in [2.45, 2.75) is 51.9 Å². The molecule has 2 aliphatic heterocycles. The van der Waals surface area contributed by atoms with Gasteiger partial charge in [0.15, 0.2) is 0 Å². The van der Waals surface area contributed by atoms with Crippen LogP contribution in [0.4, 0.5) is 5.95 Å². The minimum Gasteiger partial charge on any atom is -0.399 e. The number of benzene rings is 1. The molecule has 0 aliphatic carbocycles. The molecule has 2 aromatic heterocycles. The quantitative estimate of drug-likeness (QED) is 0.613. The second-order valence-electron chi connectivity index (χ2n) is 9.27. The van der Waals surface area contributed by atoms with Gasteiger partial charge in [0.1, 0.15) is 0 Å². The van der Waals surface area contributed by atoms with Crippen LogP contribution < -0.4 is 10.4 Å². The van der Waals surface area contributed by atoms with Crippen molar-refractivity contribution in [1.29, 1.82) is 0 Å². The Morgan fingerprint density at radius 1 is 0.968 bits per heavy atom. The summed E-state index contributed by atoms with van der Waals surface area (Å²) in [6.07, 6.45) is 6.35. The summed E-state index contributed by atoms with van der Waals surface area (Å²) in [4.78, 5) is 15.7. The molecule has 0 unspecified atom stereocenters. The van der Waals surface area contributed by atoms with E-state index in [9.17, 15) is 0 Å². The number of nitrogens with zero attached hydrogens (tertiary/aromatic N) is 4. The zero-order chi connectivity index (χ0) is 21.6. The Morgan fingerprint density at radius 2 is 1.77 bits per heavy atom. The summed E-state index contributed by atoms with van der Waals surface area (Å²) >= 11 is 0. The van der Waals surface area contributed by atoms with Crippen molar-refractivity contribution in [3.63, 3.8) is 0 Å². The molecule has 4 heterocycles. The SMILES string of the molecule is CC1(C)OB(c2ccc3c(c2)CCN(c2nccc(-c4cccnc4)n2)C3)OC1(C)C. The van der Waals surface area contributed by atoms with Crippen molar-refractivity contribution in [3.05, 3.63) is 66.1 Å². The summed E-state index contributed by atoms with van der Waals surface area (Å²) < 4.78 is 12.5. The van der Waals surface area contributed by atoms with Gasteiger partial charge >= 0.3 is 7.12 Å². The van der Waals surface area contributed by atoms with Crippen LogP contribution >= 0.6 is 0 Å². The maximum atomic E-state index is 6.23. The van der Waals surface area contributed by atoms with Gasteiger partial charge in [-0.05, 0) is 68.9 Å². The molecule has 1 aromatic carbocycles. The van der Waals surface area contributed by atoms with Crippen molar-refractivity contribution >= 4 is 18.5 Å². The van der Waals surface area contributed by atoms with E-state index in [1.165, 1.54) is 11.1 Å². The first kappa shape index (κ1) is 20.2. The molecule has 0 radical (unpaired) electrons. The Bertz CT molecular complexity index is 1090. The lowest BCUT2D eigenvalue weighted by Crippen LogP contribution is -2.41. The van der Waals surface area contributed by atoms with Gasteiger partial charge in [0.2, 0.25) is 5.95 Å². The average molecular weight is 414 g/mol. The van der Waals surface area contributed by atoms with Crippen LogP contribution in [0.3, 0.4) is 0 Å². The molecule has 1 saturated heterocycles. The molecule has 5 rings (SSSR count). The molecule has 3 aromatic rings. The Labute approximate surface area is 183 Å². The fraction of sp³-hybridized carbons (Fsp3) is 0.375. The first-order valence-electron chi connectivity index (χ1n) is 10.8. The van der Waals surface area contributed by atoms with E-state index in [1.54, 1.807) is 6.20 Å². The molecule has 2 aliphatic rings. The van der Waals surface area contributed by atoms with E-state index >= 15 is 0 Å². The molecule has 0 atom stereocenters. The van der Waals surface area contributed by atoms with Crippen molar-refractivity contribution in [3.8, 4) is 11.3 Å². The smallest absolute Gasteiger partial charge is 0.399 e. The van der Waals surface area contributed by atoms with Crippen LogP contribution in [0.2, 0.25) is 0 Å². The average Bonchev–Trinajstić information content (AvgIpc) is 3.00. The van der Waals surface area contributed by atoms with Gasteiger partial charge in [-0.15, -0.1) is 0 Å². The summed E-state index contributed by atoms with van der Waals surface area (Å²) in [5, 5.41) is 0. The van der Waals surface area contributed by atoms with Gasteiger partial charge in [-0.25, -0.2) is 9.97 Å².